The maximum Gasteiger partial charge on any atom is 0.416 e. The van der Waals surface area contributed by atoms with E-state index in [1.165, 1.54) is 6.07 Å². The number of nitrogens with one attached hydrogen (secondary N) is 1. The normalized spacial score (nSPS) is 12.9. The van der Waals surface area contributed by atoms with Crippen molar-refractivity contribution in [2.24, 2.45) is 7.05 Å². The highest BCUT2D eigenvalue weighted by Gasteiger charge is 2.30. The highest BCUT2D eigenvalue weighted by molar-refractivity contribution is 5.76. The zero-order valence-corrected chi connectivity index (χ0v) is 12.9. The minimum Gasteiger partial charge on any atom is -0.352 e. The molecule has 1 atom stereocenters. The average molecular weight is 325 g/mol. The Balaban J connectivity index is 1.93. The number of carbonyl (C=O) groups is 1. The predicted octanol–water partition coefficient (Wildman–Crippen LogP) is 3.25. The molecule has 1 aromatic heterocycles. The molecule has 7 heteroatoms. The van der Waals surface area contributed by atoms with Gasteiger partial charge in [-0.25, -0.2) is 0 Å². The van der Waals surface area contributed by atoms with Crippen LogP contribution in [0.4, 0.5) is 13.2 Å². The smallest absolute Gasteiger partial charge is 0.352 e. The van der Waals surface area contributed by atoms with Crippen LogP contribution in [0.3, 0.4) is 0 Å². The molecule has 1 aromatic carbocycles. The molecule has 2 aromatic rings. The Bertz CT molecular complexity index is 679. The van der Waals surface area contributed by atoms with Crippen LogP contribution in [0.1, 0.15) is 36.0 Å². The first-order chi connectivity index (χ1) is 10.8. The number of benzene rings is 1. The second kappa shape index (κ2) is 6.85. The molecular weight excluding hydrogens is 307 g/mol. The Morgan fingerprint density at radius 2 is 2.13 bits per heavy atom. The monoisotopic (exact) mass is 325 g/mol. The van der Waals surface area contributed by atoms with Crippen LogP contribution in [0, 0.1) is 0 Å². The summed E-state index contributed by atoms with van der Waals surface area (Å²) < 4.78 is 39.8. The van der Waals surface area contributed by atoms with Crippen molar-refractivity contribution in [2.45, 2.75) is 32.0 Å². The molecule has 0 saturated heterocycles. The third-order valence-electron chi connectivity index (χ3n) is 3.52. The van der Waals surface area contributed by atoms with E-state index in [-0.39, 0.29) is 18.2 Å². The largest absolute Gasteiger partial charge is 0.416 e. The number of hydrogen-bond acceptors (Lipinski definition) is 2. The first kappa shape index (κ1) is 17.1. The molecule has 0 fully saturated rings. The molecule has 1 heterocycles. The first-order valence-electron chi connectivity index (χ1n) is 7.17. The molecule has 0 saturated carbocycles. The van der Waals surface area contributed by atoms with Crippen molar-refractivity contribution in [1.82, 2.24) is 15.1 Å². The number of nitrogens with zero attached hydrogens (tertiary/aromatic N) is 2. The van der Waals surface area contributed by atoms with E-state index >= 15 is 0 Å². The van der Waals surface area contributed by atoms with Crippen LogP contribution < -0.4 is 5.32 Å². The quantitative estimate of drug-likeness (QED) is 0.917. The van der Waals surface area contributed by atoms with Gasteiger partial charge in [-0.1, -0.05) is 25.1 Å². The number of alkyl halides is 3. The molecule has 0 aliphatic carbocycles. The number of aromatic nitrogens is 2. The van der Waals surface area contributed by atoms with E-state index in [1.807, 2.05) is 0 Å². The molecule has 0 aliphatic heterocycles. The third-order valence-corrected chi connectivity index (χ3v) is 3.52. The molecule has 0 aliphatic rings. The lowest BCUT2D eigenvalue weighted by molar-refractivity contribution is -0.137. The van der Waals surface area contributed by atoms with E-state index in [0.717, 1.165) is 17.7 Å². The third kappa shape index (κ3) is 4.84. The molecule has 124 valence electrons. The van der Waals surface area contributed by atoms with Gasteiger partial charge in [-0.2, -0.15) is 18.3 Å². The van der Waals surface area contributed by atoms with Crippen LogP contribution in [0.15, 0.2) is 36.7 Å². The molecule has 2 rings (SSSR count). The molecular formula is C16H18F3N3O. The Kier molecular flexibility index (Phi) is 5.08. The van der Waals surface area contributed by atoms with E-state index in [2.05, 4.69) is 10.4 Å². The lowest BCUT2D eigenvalue weighted by atomic mass is 9.95. The van der Waals surface area contributed by atoms with Gasteiger partial charge in [0.1, 0.15) is 0 Å². The zero-order chi connectivity index (χ0) is 17.0. The Labute approximate surface area is 132 Å². The lowest BCUT2D eigenvalue weighted by Crippen LogP contribution is -2.24. The minimum atomic E-state index is -4.38. The van der Waals surface area contributed by atoms with Crippen LogP contribution in [0.25, 0.3) is 0 Å². The SMILES string of the molecule is C[C@@H](CC(=O)NCc1cnn(C)c1)c1cccc(C(F)(F)F)c1. The summed E-state index contributed by atoms with van der Waals surface area (Å²) in [4.78, 5) is 11.9. The highest BCUT2D eigenvalue weighted by Crippen LogP contribution is 2.31. The van der Waals surface area contributed by atoms with Crippen LogP contribution >= 0.6 is 0 Å². The molecule has 4 nitrogen and oxygen atoms in total. The van der Waals surface area contributed by atoms with Crippen molar-refractivity contribution in [2.75, 3.05) is 0 Å². The Morgan fingerprint density at radius 1 is 1.39 bits per heavy atom. The van der Waals surface area contributed by atoms with Gasteiger partial charge in [0.15, 0.2) is 0 Å². The maximum atomic E-state index is 12.7. The Hall–Kier alpha value is -2.31. The summed E-state index contributed by atoms with van der Waals surface area (Å²) in [5.41, 5.74) is 0.668. The second-order valence-corrected chi connectivity index (χ2v) is 5.53. The summed E-state index contributed by atoms with van der Waals surface area (Å²) in [6.45, 7) is 2.08. The highest BCUT2D eigenvalue weighted by atomic mass is 19.4. The summed E-state index contributed by atoms with van der Waals surface area (Å²) in [7, 11) is 1.78. The van der Waals surface area contributed by atoms with E-state index in [4.69, 9.17) is 0 Å². The fraction of sp³-hybridized carbons (Fsp3) is 0.375. The topological polar surface area (TPSA) is 46.9 Å². The fourth-order valence-electron chi connectivity index (χ4n) is 2.25. The Morgan fingerprint density at radius 3 is 2.74 bits per heavy atom. The van der Waals surface area contributed by atoms with Gasteiger partial charge < -0.3 is 5.32 Å². The number of halogens is 3. The first-order valence-corrected chi connectivity index (χ1v) is 7.17. The van der Waals surface area contributed by atoms with Crippen molar-refractivity contribution >= 4 is 5.91 Å². The molecule has 1 amide bonds. The number of aryl methyl sites for hydroxylation is 1. The number of hydrogen-bond donors (Lipinski definition) is 1. The van der Waals surface area contributed by atoms with Crippen molar-refractivity contribution < 1.29 is 18.0 Å². The van der Waals surface area contributed by atoms with Gasteiger partial charge in [-0.3, -0.25) is 9.48 Å². The standard InChI is InChI=1S/C16H18F3N3O/c1-11(13-4-3-5-14(7-13)16(17,18)19)6-15(23)20-8-12-9-21-22(2)10-12/h3-5,7,9-11H,6,8H2,1-2H3,(H,20,23)/t11-/m0/s1. The van der Waals surface area contributed by atoms with Crippen LogP contribution in [-0.4, -0.2) is 15.7 Å². The van der Waals surface area contributed by atoms with Crippen molar-refractivity contribution in [1.29, 1.82) is 0 Å². The summed E-state index contributed by atoms with van der Waals surface area (Å²) in [5.74, 6) is -0.509. The van der Waals surface area contributed by atoms with E-state index < -0.39 is 11.7 Å². The van der Waals surface area contributed by atoms with Gasteiger partial charge in [0.05, 0.1) is 11.8 Å². The van der Waals surface area contributed by atoms with E-state index in [1.54, 1.807) is 37.1 Å². The molecule has 0 radical (unpaired) electrons. The molecule has 1 N–H and O–H groups in total. The van der Waals surface area contributed by atoms with Crippen LogP contribution in [-0.2, 0) is 24.6 Å². The second-order valence-electron chi connectivity index (χ2n) is 5.53. The fourth-order valence-corrected chi connectivity index (χ4v) is 2.25. The predicted molar refractivity (Wildman–Crippen MR) is 79.5 cm³/mol. The van der Waals surface area contributed by atoms with Gasteiger partial charge >= 0.3 is 6.18 Å². The molecule has 0 spiro atoms. The molecule has 0 bridgehead atoms. The summed E-state index contributed by atoms with van der Waals surface area (Å²) in [6.07, 6.45) is -0.813. The van der Waals surface area contributed by atoms with E-state index in [0.29, 0.717) is 12.1 Å². The molecule has 23 heavy (non-hydrogen) atoms. The summed E-state index contributed by atoms with van der Waals surface area (Å²) in [6, 6.07) is 5.09. The van der Waals surface area contributed by atoms with Crippen molar-refractivity contribution in [3.63, 3.8) is 0 Å². The van der Waals surface area contributed by atoms with Gasteiger partial charge in [0.25, 0.3) is 0 Å². The maximum absolute atomic E-state index is 12.7. The number of amides is 1. The van der Waals surface area contributed by atoms with Gasteiger partial charge in [0.2, 0.25) is 5.91 Å². The number of rotatable bonds is 5. The lowest BCUT2D eigenvalue weighted by Gasteiger charge is -2.14. The van der Waals surface area contributed by atoms with Crippen LogP contribution in [0.5, 0.6) is 0 Å². The number of carbonyl (C=O) groups excluding carboxylic acids is 1. The van der Waals surface area contributed by atoms with Crippen molar-refractivity contribution in [3.05, 3.63) is 53.3 Å². The molecule has 0 unspecified atom stereocenters. The van der Waals surface area contributed by atoms with Gasteiger partial charge in [-0.05, 0) is 17.5 Å². The summed E-state index contributed by atoms with van der Waals surface area (Å²) in [5, 5.41) is 6.74. The van der Waals surface area contributed by atoms with Gasteiger partial charge in [0, 0.05) is 31.8 Å². The van der Waals surface area contributed by atoms with Crippen LogP contribution in [0.2, 0.25) is 0 Å². The average Bonchev–Trinajstić information content (AvgIpc) is 2.90. The minimum absolute atomic E-state index is 0.127. The van der Waals surface area contributed by atoms with Crippen molar-refractivity contribution in [3.8, 4) is 0 Å². The van der Waals surface area contributed by atoms with E-state index in [9.17, 15) is 18.0 Å². The summed E-state index contributed by atoms with van der Waals surface area (Å²) >= 11 is 0. The zero-order valence-electron chi connectivity index (χ0n) is 12.9. The van der Waals surface area contributed by atoms with Gasteiger partial charge in [-0.15, -0.1) is 0 Å².